The van der Waals surface area contributed by atoms with Crippen LogP contribution in [0.15, 0.2) is 72.8 Å². The van der Waals surface area contributed by atoms with Gasteiger partial charge in [0.15, 0.2) is 0 Å². The van der Waals surface area contributed by atoms with Crippen LogP contribution in [0.4, 0.5) is 58.9 Å². The number of urea groups is 2. The van der Waals surface area contributed by atoms with Gasteiger partial charge in [0, 0.05) is 114 Å². The number of aromatic nitrogens is 3. The minimum Gasteiger partial charge on any atom is -0.399 e. The number of ether oxygens (including phenoxy) is 3. The molecule has 2 aromatic carbocycles. The van der Waals surface area contributed by atoms with Gasteiger partial charge in [0.05, 0.1) is 50.8 Å². The summed E-state index contributed by atoms with van der Waals surface area (Å²) in [6, 6.07) is 22.4. The number of pyridine rings is 3. The summed E-state index contributed by atoms with van der Waals surface area (Å²) in [5.74, 6) is 0.898. The lowest BCUT2D eigenvalue weighted by Crippen LogP contribution is -2.41. The first kappa shape index (κ1) is 73.6. The second-order valence-corrected chi connectivity index (χ2v) is 27.2. The summed E-state index contributed by atoms with van der Waals surface area (Å²) >= 11 is 10.2. The van der Waals surface area contributed by atoms with Crippen LogP contribution in [0.5, 0.6) is 0 Å². The summed E-state index contributed by atoms with van der Waals surface area (Å²) in [7, 11) is -0.556. The number of carbonyl (C=O) groups is 2. The molecule has 6 fully saturated rings. The maximum atomic E-state index is 12.7. The first-order chi connectivity index (χ1) is 42.9. The zero-order valence-electron chi connectivity index (χ0n) is 53.2. The van der Waals surface area contributed by atoms with Crippen LogP contribution in [0.2, 0.25) is 5.15 Å². The van der Waals surface area contributed by atoms with E-state index in [2.05, 4.69) is 104 Å². The van der Waals surface area contributed by atoms with Gasteiger partial charge in [-0.25, -0.2) is 24.5 Å². The Balaban J connectivity index is 0.000000181. The number of morpholine rings is 3. The normalized spacial score (nSPS) is 19.6. The third-order valence-corrected chi connectivity index (χ3v) is 17.7. The summed E-state index contributed by atoms with van der Waals surface area (Å²) in [6.45, 7) is 28.9. The van der Waals surface area contributed by atoms with E-state index in [1.807, 2.05) is 105 Å². The molecule has 4 amide bonds. The van der Waals surface area contributed by atoms with Crippen molar-refractivity contribution in [3.63, 3.8) is 0 Å². The van der Waals surface area contributed by atoms with Crippen LogP contribution in [-0.4, -0.2) is 173 Å². The number of nitrogens with one attached hydrogen (secondary N) is 3. The number of alkyl halides is 6. The first-order valence-corrected chi connectivity index (χ1v) is 33.1. The van der Waals surface area contributed by atoms with E-state index in [-0.39, 0.29) is 19.1 Å². The lowest BCUT2D eigenvalue weighted by Gasteiger charge is -2.32. The molecule has 6 aliphatic rings. The Morgan fingerprint density at radius 1 is 0.593 bits per heavy atom. The number of hydrogen-bond donors (Lipinski definition) is 3. The molecule has 0 saturated carbocycles. The van der Waals surface area contributed by atoms with Gasteiger partial charge in [0.2, 0.25) is 0 Å². The summed E-state index contributed by atoms with van der Waals surface area (Å²) < 4.78 is 106. The SMILES string of the molecule is C1COCCN1.Cc1cc(-c2cc(NC(=O)N3CC[C@@H](CC(F)(F)F)C3)ccc2C)cc(N2CCOCC2)n1.Cc1cc(I)cc(Cl)n1.Cc1cc(I)cc(N2CCOCC2)n1.Cc1ccc(NC(=O)N2CC[C@@H](CC(F)(F)F)C2)cc1B1OC(C)(C)C(C)(C)O1. The highest BCUT2D eigenvalue weighted by Gasteiger charge is 2.52. The van der Waals surface area contributed by atoms with Gasteiger partial charge < -0.3 is 59.1 Å². The second-order valence-electron chi connectivity index (χ2n) is 24.3. The third kappa shape index (κ3) is 23.6. The van der Waals surface area contributed by atoms with E-state index in [4.69, 9.17) is 35.1 Å². The zero-order chi connectivity index (χ0) is 66.3. The minimum atomic E-state index is -4.20. The maximum Gasteiger partial charge on any atom is 0.495 e. The topological polar surface area (TPSA) is 168 Å². The van der Waals surface area contributed by atoms with Gasteiger partial charge >= 0.3 is 31.5 Å². The molecular formula is C64H84BClF6I2N10O7. The van der Waals surface area contributed by atoms with Crippen molar-refractivity contribution in [2.75, 3.05) is 126 Å². The number of benzene rings is 2. The highest BCUT2D eigenvalue weighted by atomic mass is 127. The fourth-order valence-corrected chi connectivity index (χ4v) is 12.7. The fraction of sp³-hybridized carbons (Fsp3) is 0.547. The van der Waals surface area contributed by atoms with E-state index < -0.39 is 61.4 Å². The van der Waals surface area contributed by atoms with Crippen molar-refractivity contribution in [3.05, 3.63) is 113 Å². The van der Waals surface area contributed by atoms with Crippen molar-refractivity contribution >= 4 is 104 Å². The molecule has 3 N–H and O–H groups in total. The van der Waals surface area contributed by atoms with Gasteiger partial charge in [0.25, 0.3) is 0 Å². The molecule has 27 heteroatoms. The molecule has 0 spiro atoms. The number of hydrogen-bond acceptors (Lipinski definition) is 13. The molecule has 0 aliphatic carbocycles. The Hall–Kier alpha value is -4.82. The lowest BCUT2D eigenvalue weighted by molar-refractivity contribution is -0.144. The van der Waals surface area contributed by atoms with Crippen LogP contribution in [0, 0.1) is 53.6 Å². The molecular weight excluding hydrogens is 1430 g/mol. The smallest absolute Gasteiger partial charge is 0.399 e. The number of aryl methyl sites for hydroxylation is 5. The van der Waals surface area contributed by atoms with Gasteiger partial charge in [0.1, 0.15) is 16.8 Å². The molecule has 0 radical (unpaired) electrons. The first-order valence-electron chi connectivity index (χ1n) is 30.6. The van der Waals surface area contributed by atoms with Gasteiger partial charge in [-0.3, -0.25) is 0 Å². The molecule has 2 atom stereocenters. The Kier molecular flexibility index (Phi) is 27.1. The van der Waals surface area contributed by atoms with E-state index in [1.54, 1.807) is 12.1 Å². The van der Waals surface area contributed by atoms with Crippen molar-refractivity contribution in [1.29, 1.82) is 0 Å². The predicted octanol–water partition coefficient (Wildman–Crippen LogP) is 13.2. The van der Waals surface area contributed by atoms with E-state index in [9.17, 15) is 35.9 Å². The van der Waals surface area contributed by atoms with E-state index >= 15 is 0 Å². The number of anilines is 4. The predicted molar refractivity (Wildman–Crippen MR) is 363 cm³/mol. The summed E-state index contributed by atoms with van der Waals surface area (Å²) in [5, 5.41) is 9.38. The third-order valence-electron chi connectivity index (χ3n) is 16.3. The van der Waals surface area contributed by atoms with Crippen LogP contribution in [0.25, 0.3) is 11.1 Å². The Morgan fingerprint density at radius 2 is 1.03 bits per heavy atom. The van der Waals surface area contributed by atoms with E-state index in [0.29, 0.717) is 55.7 Å². The Labute approximate surface area is 563 Å². The molecule has 91 heavy (non-hydrogen) atoms. The lowest BCUT2D eigenvalue weighted by atomic mass is 9.76. The number of rotatable bonds is 8. The minimum absolute atomic E-state index is 0.112. The van der Waals surface area contributed by atoms with Crippen molar-refractivity contribution < 1.29 is 59.5 Å². The van der Waals surface area contributed by atoms with Crippen LogP contribution >= 0.6 is 56.8 Å². The van der Waals surface area contributed by atoms with Gasteiger partial charge in [-0.05, 0) is 215 Å². The number of halogens is 9. The molecule has 17 nitrogen and oxygen atoms in total. The average Bonchev–Trinajstić information content (AvgIpc) is 1.83. The molecule has 11 rings (SSSR count). The molecule has 3 aromatic heterocycles. The average molecular weight is 1520 g/mol. The number of amides is 4. The summed E-state index contributed by atoms with van der Waals surface area (Å²) in [6.07, 6.45) is -9.38. The molecule has 498 valence electrons. The van der Waals surface area contributed by atoms with Crippen LogP contribution in [-0.2, 0) is 23.5 Å². The molecule has 0 bridgehead atoms. The maximum absolute atomic E-state index is 12.7. The molecule has 6 saturated heterocycles. The molecule has 9 heterocycles. The highest BCUT2D eigenvalue weighted by molar-refractivity contribution is 14.1. The highest BCUT2D eigenvalue weighted by Crippen LogP contribution is 2.38. The van der Waals surface area contributed by atoms with Crippen molar-refractivity contribution in [2.24, 2.45) is 11.8 Å². The summed E-state index contributed by atoms with van der Waals surface area (Å²) in [5.41, 5.74) is 7.98. The Morgan fingerprint density at radius 3 is 1.47 bits per heavy atom. The monoisotopic (exact) mass is 1520 g/mol. The molecule has 6 aliphatic heterocycles. The van der Waals surface area contributed by atoms with E-state index in [1.165, 1.54) is 13.4 Å². The van der Waals surface area contributed by atoms with Crippen LogP contribution in [0.1, 0.15) is 81.6 Å². The summed E-state index contributed by atoms with van der Waals surface area (Å²) in [4.78, 5) is 45.8. The van der Waals surface area contributed by atoms with Gasteiger partial charge in [-0.15, -0.1) is 0 Å². The van der Waals surface area contributed by atoms with Gasteiger partial charge in [-0.2, -0.15) is 26.3 Å². The van der Waals surface area contributed by atoms with Crippen molar-refractivity contribution in [2.45, 2.75) is 112 Å². The van der Waals surface area contributed by atoms with Crippen LogP contribution < -0.4 is 31.2 Å². The quantitative estimate of drug-likeness (QED) is 0.0582. The van der Waals surface area contributed by atoms with Crippen LogP contribution in [0.3, 0.4) is 0 Å². The standard InChI is InChI=1S/C24H29F3N4O2.C20H28BF3N2O3.C10H13IN2O.C6H5ClIN.C4H9NO/c1-16-3-4-20(29-23(32)31-6-5-18(15-31)14-24(25,26)27)13-21(16)19-11-17(2)28-22(12-19)30-7-9-33-10-8-30;1-13-6-7-15(10-16(13)21-28-18(2,3)19(4,5)29-21)25-17(27)26-9-8-14(12-26)11-20(22,23)24;1-8-6-9(11)7-10(12-8)13-2-4-14-5-3-13;1-4-2-5(8)3-6(7)9-4;1-3-6-4-2-5-1/h3-4,11-13,18H,5-10,14-15H2,1-2H3,(H,29,32);6-7,10,14H,8-9,11-12H2,1-5H3,(H,25,27);6-7H,2-5H2,1H3;2-3H,1H3;5H,1-4H2/t18-;14-;;;/m00.../s1. The molecule has 5 aromatic rings. The van der Waals surface area contributed by atoms with Gasteiger partial charge in [-0.1, -0.05) is 29.3 Å². The Bertz CT molecular complexity index is 3120. The largest absolute Gasteiger partial charge is 0.495 e. The number of carbonyl (C=O) groups excluding carboxylic acids is 2. The number of nitrogens with zero attached hydrogens (tertiary/aromatic N) is 7. The van der Waals surface area contributed by atoms with E-state index in [0.717, 1.165) is 126 Å². The van der Waals surface area contributed by atoms with Crippen molar-refractivity contribution in [3.8, 4) is 11.1 Å². The van der Waals surface area contributed by atoms with Crippen molar-refractivity contribution in [1.82, 2.24) is 30.1 Å². The second kappa shape index (κ2) is 33.5. The fourth-order valence-electron chi connectivity index (χ4n) is 10.8. The number of likely N-dealkylation sites (tertiary alicyclic amines) is 2. The molecule has 0 unspecified atom stereocenters. The zero-order valence-corrected chi connectivity index (χ0v) is 58.3.